The van der Waals surface area contributed by atoms with Crippen molar-refractivity contribution in [3.8, 4) is 0 Å². The molecule has 1 fully saturated rings. The molecular weight excluding hydrogens is 214 g/mol. The number of amides is 1. The summed E-state index contributed by atoms with van der Waals surface area (Å²) in [4.78, 5) is 11.3. The summed E-state index contributed by atoms with van der Waals surface area (Å²) in [5.74, 6) is -0.324. The van der Waals surface area contributed by atoms with Crippen molar-refractivity contribution in [3.05, 3.63) is 35.9 Å². The van der Waals surface area contributed by atoms with Crippen LogP contribution in [-0.2, 0) is 16.1 Å². The van der Waals surface area contributed by atoms with Gasteiger partial charge in [0, 0.05) is 0 Å². The Morgan fingerprint density at radius 3 is 2.65 bits per heavy atom. The van der Waals surface area contributed by atoms with Crippen molar-refractivity contribution in [1.82, 2.24) is 0 Å². The van der Waals surface area contributed by atoms with Gasteiger partial charge in [0.15, 0.2) is 0 Å². The fourth-order valence-electron chi connectivity index (χ4n) is 2.40. The third-order valence-corrected chi connectivity index (χ3v) is 3.37. The van der Waals surface area contributed by atoms with Gasteiger partial charge >= 0.3 is 0 Å². The van der Waals surface area contributed by atoms with E-state index >= 15 is 0 Å². The molecule has 1 saturated carbocycles. The Morgan fingerprint density at radius 2 is 1.94 bits per heavy atom. The predicted molar refractivity (Wildman–Crippen MR) is 66.2 cm³/mol. The molecule has 3 heteroatoms. The van der Waals surface area contributed by atoms with Crippen LogP contribution in [0.15, 0.2) is 30.3 Å². The van der Waals surface area contributed by atoms with Gasteiger partial charge in [-0.25, -0.2) is 0 Å². The van der Waals surface area contributed by atoms with Crippen LogP contribution >= 0.6 is 0 Å². The lowest BCUT2D eigenvalue weighted by atomic mass is 9.86. The van der Waals surface area contributed by atoms with Gasteiger partial charge in [0.1, 0.15) is 0 Å². The largest absolute Gasteiger partial charge is 0.373 e. The van der Waals surface area contributed by atoms with Crippen molar-refractivity contribution in [1.29, 1.82) is 0 Å². The van der Waals surface area contributed by atoms with Gasteiger partial charge in [-0.2, -0.15) is 0 Å². The van der Waals surface area contributed by atoms with Crippen molar-refractivity contribution in [3.63, 3.8) is 0 Å². The number of rotatable bonds is 4. The van der Waals surface area contributed by atoms with E-state index in [4.69, 9.17) is 10.5 Å². The van der Waals surface area contributed by atoms with Crippen LogP contribution in [0.4, 0.5) is 0 Å². The van der Waals surface area contributed by atoms with Gasteiger partial charge in [0.2, 0.25) is 5.91 Å². The Morgan fingerprint density at radius 1 is 1.24 bits per heavy atom. The van der Waals surface area contributed by atoms with E-state index in [1.54, 1.807) is 0 Å². The number of hydrogen-bond donors (Lipinski definition) is 1. The minimum Gasteiger partial charge on any atom is -0.373 e. The van der Waals surface area contributed by atoms with Gasteiger partial charge in [0.25, 0.3) is 0 Å². The second-order valence-corrected chi connectivity index (χ2v) is 4.63. The van der Waals surface area contributed by atoms with Crippen LogP contribution in [-0.4, -0.2) is 12.0 Å². The van der Waals surface area contributed by atoms with Crippen molar-refractivity contribution in [2.45, 2.75) is 38.4 Å². The highest BCUT2D eigenvalue weighted by Gasteiger charge is 2.29. The molecule has 1 aliphatic carbocycles. The number of primary amides is 1. The Labute approximate surface area is 102 Å². The molecule has 0 radical (unpaired) electrons. The normalized spacial score (nSPS) is 24.5. The third kappa shape index (κ3) is 3.30. The Bertz CT molecular complexity index is 364. The number of ether oxygens (including phenoxy) is 1. The van der Waals surface area contributed by atoms with Crippen LogP contribution in [0.25, 0.3) is 0 Å². The first-order chi connectivity index (χ1) is 8.27. The van der Waals surface area contributed by atoms with Gasteiger partial charge in [-0.3, -0.25) is 4.79 Å². The fourth-order valence-corrected chi connectivity index (χ4v) is 2.40. The molecule has 2 N–H and O–H groups in total. The highest BCUT2D eigenvalue weighted by molar-refractivity contribution is 5.77. The molecule has 0 heterocycles. The molecule has 1 aliphatic rings. The number of hydrogen-bond acceptors (Lipinski definition) is 2. The quantitative estimate of drug-likeness (QED) is 0.867. The van der Waals surface area contributed by atoms with Crippen LogP contribution < -0.4 is 5.73 Å². The summed E-state index contributed by atoms with van der Waals surface area (Å²) >= 11 is 0. The molecule has 3 nitrogen and oxygen atoms in total. The summed E-state index contributed by atoms with van der Waals surface area (Å²) in [6.07, 6.45) is 4.03. The summed E-state index contributed by atoms with van der Waals surface area (Å²) in [6, 6.07) is 10.0. The topological polar surface area (TPSA) is 52.3 Å². The molecule has 1 aromatic carbocycles. The van der Waals surface area contributed by atoms with Crippen LogP contribution in [0.1, 0.15) is 31.2 Å². The maximum Gasteiger partial charge on any atom is 0.223 e. The molecule has 0 spiro atoms. The van der Waals surface area contributed by atoms with Gasteiger partial charge in [-0.05, 0) is 18.4 Å². The first kappa shape index (κ1) is 12.1. The summed E-state index contributed by atoms with van der Waals surface area (Å²) in [7, 11) is 0. The van der Waals surface area contributed by atoms with E-state index in [-0.39, 0.29) is 17.9 Å². The smallest absolute Gasteiger partial charge is 0.223 e. The Hall–Kier alpha value is -1.35. The molecular formula is C14H19NO2. The number of carbonyl (C=O) groups is 1. The van der Waals surface area contributed by atoms with Gasteiger partial charge in [0.05, 0.1) is 18.6 Å². The Kier molecular flexibility index (Phi) is 4.15. The molecule has 2 rings (SSSR count). The average molecular weight is 233 g/mol. The van der Waals surface area contributed by atoms with Crippen LogP contribution in [0.5, 0.6) is 0 Å². The molecule has 0 bridgehead atoms. The highest BCUT2D eigenvalue weighted by Crippen LogP contribution is 2.27. The third-order valence-electron chi connectivity index (χ3n) is 3.37. The van der Waals surface area contributed by atoms with E-state index in [1.165, 1.54) is 0 Å². The minimum absolute atomic E-state index is 0.00135. The monoisotopic (exact) mass is 233 g/mol. The van der Waals surface area contributed by atoms with Crippen LogP contribution in [0.2, 0.25) is 0 Å². The average Bonchev–Trinajstić information content (AvgIpc) is 2.38. The maximum absolute atomic E-state index is 11.3. The van der Waals surface area contributed by atoms with Crippen molar-refractivity contribution in [2.75, 3.05) is 0 Å². The second kappa shape index (κ2) is 5.82. The van der Waals surface area contributed by atoms with E-state index in [1.807, 2.05) is 30.3 Å². The summed E-state index contributed by atoms with van der Waals surface area (Å²) in [5.41, 5.74) is 6.55. The predicted octanol–water partition coefficient (Wildman–Crippen LogP) is 2.25. The molecule has 1 aromatic rings. The highest BCUT2D eigenvalue weighted by atomic mass is 16.5. The molecule has 0 aromatic heterocycles. The Balaban J connectivity index is 1.90. The fraction of sp³-hybridized carbons (Fsp3) is 0.500. The number of benzene rings is 1. The van der Waals surface area contributed by atoms with Gasteiger partial charge in [-0.15, -0.1) is 0 Å². The van der Waals surface area contributed by atoms with E-state index in [0.29, 0.717) is 6.61 Å². The lowest BCUT2D eigenvalue weighted by molar-refractivity contribution is -0.129. The first-order valence-corrected chi connectivity index (χ1v) is 6.22. The van der Waals surface area contributed by atoms with E-state index in [2.05, 4.69) is 0 Å². The van der Waals surface area contributed by atoms with Crippen LogP contribution in [0, 0.1) is 5.92 Å². The van der Waals surface area contributed by atoms with Gasteiger partial charge in [-0.1, -0.05) is 43.2 Å². The van der Waals surface area contributed by atoms with Crippen LogP contribution in [0.3, 0.4) is 0 Å². The van der Waals surface area contributed by atoms with Crippen molar-refractivity contribution < 1.29 is 9.53 Å². The lowest BCUT2D eigenvalue weighted by Crippen LogP contribution is -2.37. The van der Waals surface area contributed by atoms with Crippen molar-refractivity contribution >= 4 is 5.91 Å². The zero-order valence-electron chi connectivity index (χ0n) is 9.97. The van der Waals surface area contributed by atoms with E-state index in [0.717, 1.165) is 31.2 Å². The van der Waals surface area contributed by atoms with Crippen molar-refractivity contribution in [2.24, 2.45) is 11.7 Å². The standard InChI is InChI=1S/C14H19NO2/c15-14(16)12-8-4-5-9-13(12)17-10-11-6-2-1-3-7-11/h1-3,6-7,12-13H,4-5,8-10H2,(H2,15,16)/t12-,13?/m1/s1. The number of carbonyl (C=O) groups excluding carboxylic acids is 1. The molecule has 17 heavy (non-hydrogen) atoms. The minimum atomic E-state index is -0.220. The van der Waals surface area contributed by atoms with Gasteiger partial charge < -0.3 is 10.5 Å². The summed E-state index contributed by atoms with van der Waals surface area (Å²) in [6.45, 7) is 0.565. The zero-order valence-corrected chi connectivity index (χ0v) is 9.97. The molecule has 2 atom stereocenters. The lowest BCUT2D eigenvalue weighted by Gasteiger charge is -2.29. The SMILES string of the molecule is NC(=O)[C@@H]1CCCCC1OCc1ccccc1. The molecule has 1 unspecified atom stereocenters. The number of nitrogens with two attached hydrogens (primary N) is 1. The first-order valence-electron chi connectivity index (χ1n) is 6.22. The zero-order chi connectivity index (χ0) is 12.1. The molecule has 92 valence electrons. The molecule has 0 saturated heterocycles. The van der Waals surface area contributed by atoms with E-state index in [9.17, 15) is 4.79 Å². The van der Waals surface area contributed by atoms with E-state index < -0.39 is 0 Å². The molecule has 1 amide bonds. The maximum atomic E-state index is 11.3. The summed E-state index contributed by atoms with van der Waals surface area (Å²) in [5, 5.41) is 0. The second-order valence-electron chi connectivity index (χ2n) is 4.63. The molecule has 0 aliphatic heterocycles. The summed E-state index contributed by atoms with van der Waals surface area (Å²) < 4.78 is 5.84.